The molecule has 13 heteroatoms. The van der Waals surface area contributed by atoms with Crippen molar-refractivity contribution >= 4 is 51.0 Å². The van der Waals surface area contributed by atoms with Crippen LogP contribution in [0.3, 0.4) is 0 Å². The minimum Gasteiger partial charge on any atom is -0.496 e. The van der Waals surface area contributed by atoms with E-state index in [9.17, 15) is 19.7 Å². The number of aromatic nitrogens is 2. The largest absolute Gasteiger partial charge is 0.496 e. The summed E-state index contributed by atoms with van der Waals surface area (Å²) in [5, 5.41) is 19.8. The molecule has 1 aliphatic heterocycles. The lowest BCUT2D eigenvalue weighted by Crippen LogP contribution is -2.40. The highest BCUT2D eigenvalue weighted by molar-refractivity contribution is 9.10. The molecule has 12 nitrogen and oxygen atoms in total. The Hall–Kier alpha value is -5.17. The van der Waals surface area contributed by atoms with Gasteiger partial charge in [-0.3, -0.25) is 29.4 Å². The quantitative estimate of drug-likeness (QED) is 0.159. The molecule has 2 heterocycles. The molecule has 0 unspecified atom stereocenters. The van der Waals surface area contributed by atoms with Crippen LogP contribution < -0.4 is 15.1 Å². The molecule has 0 aliphatic carbocycles. The lowest BCUT2D eigenvalue weighted by molar-refractivity contribution is -0.386. The van der Waals surface area contributed by atoms with Gasteiger partial charge in [-0.25, -0.2) is 5.43 Å². The molecule has 1 aromatic heterocycles. The number of methoxy groups -OCH3 is 1. The number of hydrazone groups is 1. The Morgan fingerprint density at radius 1 is 1.16 bits per heavy atom. The third kappa shape index (κ3) is 6.42. The van der Waals surface area contributed by atoms with Crippen LogP contribution in [0.2, 0.25) is 0 Å². The first-order valence-corrected chi connectivity index (χ1v) is 14.3. The molecule has 1 N–H and O–H groups in total. The number of halogens is 1. The third-order valence-electron chi connectivity index (χ3n) is 7.08. The molecule has 3 aromatic carbocycles. The van der Waals surface area contributed by atoms with Crippen LogP contribution in [-0.4, -0.2) is 58.6 Å². The maximum Gasteiger partial charge on any atom is 0.312 e. The molecule has 4 aromatic rings. The summed E-state index contributed by atoms with van der Waals surface area (Å²) in [7, 11) is 1.53. The molecule has 224 valence electrons. The van der Waals surface area contributed by atoms with Crippen LogP contribution >= 0.6 is 15.9 Å². The SMILES string of the molecule is COc1ccc(/C=N\NC(=O)CN2C(=O)CN=C(c3ccccc3)c3cc(Br)ccc32)cc1Cn1nc(C)c([N+](=O)[O-])c1C. The monoisotopic (exact) mass is 657 g/mol. The van der Waals surface area contributed by atoms with Crippen LogP contribution in [0.5, 0.6) is 5.75 Å². The van der Waals surface area contributed by atoms with Crippen molar-refractivity contribution in [2.24, 2.45) is 10.1 Å². The Kier molecular flexibility index (Phi) is 8.95. The number of ether oxygens (including phenoxy) is 1. The highest BCUT2D eigenvalue weighted by Gasteiger charge is 2.27. The summed E-state index contributed by atoms with van der Waals surface area (Å²) in [6.45, 7) is 3.10. The van der Waals surface area contributed by atoms with Crippen molar-refractivity contribution in [3.63, 3.8) is 0 Å². The van der Waals surface area contributed by atoms with E-state index in [1.165, 1.54) is 18.2 Å². The number of nitrogens with one attached hydrogen (secondary N) is 1. The molecule has 5 rings (SSSR count). The molecular weight excluding hydrogens is 630 g/mol. The van der Waals surface area contributed by atoms with Crippen molar-refractivity contribution in [1.82, 2.24) is 15.2 Å². The number of anilines is 1. The van der Waals surface area contributed by atoms with Gasteiger partial charge in [-0.15, -0.1) is 0 Å². The standard InChI is InChI=1S/C31H28BrN7O5/c1-19-31(39(42)43)20(2)38(36-19)17-23-13-21(9-12-27(23)44-3)15-34-35-28(40)18-37-26-11-10-24(32)14-25(26)30(33-16-29(37)41)22-7-5-4-6-8-22/h4-15H,16-18H2,1-3H3,(H,35,40)/b34-15-. The molecule has 0 atom stereocenters. The first-order chi connectivity index (χ1) is 21.2. The lowest BCUT2D eigenvalue weighted by Gasteiger charge is -2.22. The number of benzene rings is 3. The number of hydrogen-bond donors (Lipinski definition) is 1. The summed E-state index contributed by atoms with van der Waals surface area (Å²) in [5.41, 5.74) is 7.44. The number of amides is 2. The predicted octanol–water partition coefficient (Wildman–Crippen LogP) is 4.56. The van der Waals surface area contributed by atoms with E-state index in [0.717, 1.165) is 21.2 Å². The zero-order chi connectivity index (χ0) is 31.4. The molecule has 0 saturated carbocycles. The van der Waals surface area contributed by atoms with Gasteiger partial charge in [0.15, 0.2) is 0 Å². The minimum absolute atomic E-state index is 0.0228. The van der Waals surface area contributed by atoms with Crippen molar-refractivity contribution < 1.29 is 19.2 Å². The van der Waals surface area contributed by atoms with Crippen molar-refractivity contribution in [1.29, 1.82) is 0 Å². The number of aryl methyl sites for hydroxylation is 1. The number of hydrogen-bond acceptors (Lipinski definition) is 8. The number of rotatable bonds is 9. The van der Waals surface area contributed by atoms with Crippen molar-refractivity contribution in [3.8, 4) is 5.75 Å². The number of carbonyl (C=O) groups is 2. The van der Waals surface area contributed by atoms with Crippen molar-refractivity contribution in [2.45, 2.75) is 20.4 Å². The van der Waals surface area contributed by atoms with Gasteiger partial charge >= 0.3 is 5.69 Å². The summed E-state index contributed by atoms with van der Waals surface area (Å²) in [4.78, 5) is 43.1. The summed E-state index contributed by atoms with van der Waals surface area (Å²) >= 11 is 3.51. The van der Waals surface area contributed by atoms with Crippen LogP contribution in [0, 0.1) is 24.0 Å². The molecule has 44 heavy (non-hydrogen) atoms. The van der Waals surface area contributed by atoms with E-state index in [2.05, 4.69) is 36.5 Å². The fourth-order valence-corrected chi connectivity index (χ4v) is 5.39. The molecule has 0 bridgehead atoms. The van der Waals surface area contributed by atoms with Crippen LogP contribution in [0.15, 0.2) is 81.3 Å². The maximum absolute atomic E-state index is 13.1. The average molecular weight is 659 g/mol. The Labute approximate surface area is 261 Å². The van der Waals surface area contributed by atoms with Gasteiger partial charge in [0.25, 0.3) is 5.91 Å². The second-order valence-corrected chi connectivity index (χ2v) is 10.9. The van der Waals surface area contributed by atoms with Gasteiger partial charge in [0, 0.05) is 21.2 Å². The van der Waals surface area contributed by atoms with Gasteiger partial charge < -0.3 is 9.64 Å². The summed E-state index contributed by atoms with van der Waals surface area (Å²) in [6, 6.07) is 20.4. The number of benzodiazepines with no additional fused rings is 1. The highest BCUT2D eigenvalue weighted by atomic mass is 79.9. The van der Waals surface area contributed by atoms with Crippen molar-refractivity contribution in [2.75, 3.05) is 25.1 Å². The van der Waals surface area contributed by atoms with Gasteiger partial charge in [0.2, 0.25) is 5.91 Å². The van der Waals surface area contributed by atoms with Crippen molar-refractivity contribution in [3.05, 3.63) is 115 Å². The Bertz CT molecular complexity index is 1820. The molecule has 0 saturated heterocycles. The fraction of sp³-hybridized carbons (Fsp3) is 0.194. The maximum atomic E-state index is 13.1. The topological polar surface area (TPSA) is 144 Å². The first-order valence-electron chi connectivity index (χ1n) is 13.5. The molecule has 1 aliphatic rings. The Morgan fingerprint density at radius 3 is 2.64 bits per heavy atom. The zero-order valence-electron chi connectivity index (χ0n) is 24.2. The van der Waals surface area contributed by atoms with Gasteiger partial charge in [0.1, 0.15) is 30.2 Å². The molecule has 0 spiro atoms. The van der Waals surface area contributed by atoms with E-state index in [1.807, 2.05) is 42.5 Å². The summed E-state index contributed by atoms with van der Waals surface area (Å²) in [6.07, 6.45) is 1.47. The number of fused-ring (bicyclic) bond motifs is 1. The van der Waals surface area contributed by atoms with Gasteiger partial charge in [-0.05, 0) is 55.8 Å². The minimum atomic E-state index is -0.490. The number of carbonyl (C=O) groups excluding carboxylic acids is 2. The van der Waals surface area contributed by atoms with Gasteiger partial charge in [0.05, 0.1) is 36.2 Å². The van der Waals surface area contributed by atoms with E-state index in [1.54, 1.807) is 42.8 Å². The number of aliphatic imine (C=N–C) groups is 1. The smallest absolute Gasteiger partial charge is 0.312 e. The van der Waals surface area contributed by atoms with E-state index >= 15 is 0 Å². The van der Waals surface area contributed by atoms with Crippen LogP contribution in [-0.2, 0) is 16.1 Å². The molecule has 2 amide bonds. The van der Waals surface area contributed by atoms with E-state index in [-0.39, 0.29) is 31.2 Å². The third-order valence-corrected chi connectivity index (χ3v) is 7.57. The van der Waals surface area contributed by atoms with Crippen LogP contribution in [0.4, 0.5) is 11.4 Å². The Morgan fingerprint density at radius 2 is 1.93 bits per heavy atom. The van der Waals surface area contributed by atoms with Crippen LogP contribution in [0.25, 0.3) is 0 Å². The average Bonchev–Trinajstić information content (AvgIpc) is 3.21. The van der Waals surface area contributed by atoms with Gasteiger partial charge in [-0.1, -0.05) is 46.3 Å². The Balaban J connectivity index is 1.32. The number of nitro groups is 1. The molecular formula is C31H28BrN7O5. The normalized spacial score (nSPS) is 13.0. The fourth-order valence-electron chi connectivity index (χ4n) is 5.03. The first kappa shape index (κ1) is 30.3. The van der Waals surface area contributed by atoms with E-state index in [4.69, 9.17) is 4.74 Å². The van der Waals surface area contributed by atoms with E-state index in [0.29, 0.717) is 34.1 Å². The summed E-state index contributed by atoms with van der Waals surface area (Å²) < 4.78 is 7.85. The predicted molar refractivity (Wildman–Crippen MR) is 170 cm³/mol. The lowest BCUT2D eigenvalue weighted by atomic mass is 10.0. The highest BCUT2D eigenvalue weighted by Crippen LogP contribution is 2.30. The second-order valence-electron chi connectivity index (χ2n) is 9.97. The van der Waals surface area contributed by atoms with E-state index < -0.39 is 10.8 Å². The zero-order valence-corrected chi connectivity index (χ0v) is 25.7. The number of nitrogens with zero attached hydrogens (tertiary/aromatic N) is 6. The van der Waals surface area contributed by atoms with Crippen LogP contribution in [0.1, 0.15) is 33.6 Å². The van der Waals surface area contributed by atoms with Gasteiger partial charge in [-0.2, -0.15) is 10.2 Å². The second kappa shape index (κ2) is 13.0. The molecule has 0 fully saturated rings. The molecule has 0 radical (unpaired) electrons. The summed E-state index contributed by atoms with van der Waals surface area (Å²) in [5.74, 6) is -0.235.